The lowest BCUT2D eigenvalue weighted by Crippen LogP contribution is -2.40. The first-order chi connectivity index (χ1) is 13.4. The largest absolute Gasteiger partial charge is 0.355 e. The lowest BCUT2D eigenvalue weighted by atomic mass is 10.1. The van der Waals surface area contributed by atoms with E-state index in [0.717, 1.165) is 29.9 Å². The number of nitrogens with zero attached hydrogens (tertiary/aromatic N) is 1. The van der Waals surface area contributed by atoms with Crippen molar-refractivity contribution in [3.05, 3.63) is 78.4 Å². The quantitative estimate of drug-likeness (QED) is 0.594. The second-order valence-electron chi connectivity index (χ2n) is 6.71. The first-order valence-corrected chi connectivity index (χ1v) is 11.1. The topological polar surface area (TPSA) is 66.5 Å². The first kappa shape index (κ1) is 19.9. The summed E-state index contributed by atoms with van der Waals surface area (Å²) in [5, 5.41) is 4.55. The van der Waals surface area contributed by atoms with Crippen molar-refractivity contribution in [3.8, 4) is 0 Å². The Morgan fingerprint density at radius 3 is 2.36 bits per heavy atom. The van der Waals surface area contributed by atoms with Gasteiger partial charge < -0.3 is 5.32 Å². The number of carbonyl (C=O) groups excluding carboxylic acids is 1. The molecule has 0 saturated carbocycles. The summed E-state index contributed by atoms with van der Waals surface area (Å²) in [6.07, 6.45) is 2.78. The van der Waals surface area contributed by atoms with Crippen LogP contribution in [0.5, 0.6) is 0 Å². The highest BCUT2D eigenvalue weighted by atomic mass is 32.2. The number of rotatable bonds is 8. The number of amides is 1. The SMILES string of the molecule is CS(=O)(=O)N(CC(=O)NCCCc1ccccc1)c1cccc2ccccc12. The molecule has 1 amide bonds. The number of sulfonamides is 1. The molecular weight excluding hydrogens is 372 g/mol. The predicted octanol–water partition coefficient (Wildman–Crippen LogP) is 3.35. The smallest absolute Gasteiger partial charge is 0.240 e. The highest BCUT2D eigenvalue weighted by molar-refractivity contribution is 7.92. The first-order valence-electron chi connectivity index (χ1n) is 9.21. The van der Waals surface area contributed by atoms with Crippen molar-refractivity contribution in [2.75, 3.05) is 23.7 Å². The van der Waals surface area contributed by atoms with Crippen LogP contribution in [0.25, 0.3) is 10.8 Å². The molecule has 28 heavy (non-hydrogen) atoms. The molecule has 1 N–H and O–H groups in total. The van der Waals surface area contributed by atoms with E-state index in [1.165, 1.54) is 9.87 Å². The molecule has 3 aromatic rings. The van der Waals surface area contributed by atoms with E-state index in [1.54, 1.807) is 12.1 Å². The predicted molar refractivity (Wildman–Crippen MR) is 114 cm³/mol. The van der Waals surface area contributed by atoms with Gasteiger partial charge in [-0.2, -0.15) is 0 Å². The van der Waals surface area contributed by atoms with Gasteiger partial charge in [-0.3, -0.25) is 9.10 Å². The normalized spacial score (nSPS) is 11.3. The Labute approximate surface area is 166 Å². The fourth-order valence-corrected chi connectivity index (χ4v) is 4.03. The summed E-state index contributed by atoms with van der Waals surface area (Å²) in [4.78, 5) is 12.4. The average molecular weight is 397 g/mol. The van der Waals surface area contributed by atoms with Crippen LogP contribution in [0.4, 0.5) is 5.69 Å². The van der Waals surface area contributed by atoms with Crippen LogP contribution in [0, 0.1) is 0 Å². The summed E-state index contributed by atoms with van der Waals surface area (Å²) < 4.78 is 25.9. The Morgan fingerprint density at radius 2 is 1.61 bits per heavy atom. The molecule has 3 rings (SSSR count). The molecule has 146 valence electrons. The number of aryl methyl sites for hydroxylation is 1. The van der Waals surface area contributed by atoms with Gasteiger partial charge in [0.1, 0.15) is 6.54 Å². The third-order valence-electron chi connectivity index (χ3n) is 4.53. The highest BCUT2D eigenvalue weighted by Crippen LogP contribution is 2.28. The minimum atomic E-state index is -3.61. The maximum atomic E-state index is 12.4. The van der Waals surface area contributed by atoms with Crippen LogP contribution in [-0.4, -0.2) is 33.7 Å². The molecule has 3 aromatic carbocycles. The van der Waals surface area contributed by atoms with Gasteiger partial charge in [-0.05, 0) is 29.9 Å². The van der Waals surface area contributed by atoms with Gasteiger partial charge in [0.25, 0.3) is 0 Å². The number of carbonyl (C=O) groups is 1. The maximum absolute atomic E-state index is 12.4. The van der Waals surface area contributed by atoms with E-state index in [9.17, 15) is 13.2 Å². The monoisotopic (exact) mass is 396 g/mol. The fraction of sp³-hybridized carbons (Fsp3) is 0.227. The summed E-state index contributed by atoms with van der Waals surface area (Å²) in [6.45, 7) is 0.263. The Morgan fingerprint density at radius 1 is 0.929 bits per heavy atom. The van der Waals surface area contributed by atoms with Crippen LogP contribution in [0.15, 0.2) is 72.8 Å². The van der Waals surface area contributed by atoms with E-state index in [0.29, 0.717) is 12.2 Å². The number of hydrogen-bond donors (Lipinski definition) is 1. The van der Waals surface area contributed by atoms with Crippen molar-refractivity contribution in [1.82, 2.24) is 5.32 Å². The van der Waals surface area contributed by atoms with Crippen LogP contribution in [0.2, 0.25) is 0 Å². The van der Waals surface area contributed by atoms with Gasteiger partial charge in [0, 0.05) is 11.9 Å². The molecule has 0 aliphatic rings. The fourth-order valence-electron chi connectivity index (χ4n) is 3.16. The molecule has 0 heterocycles. The molecule has 0 aromatic heterocycles. The van der Waals surface area contributed by atoms with E-state index in [1.807, 2.05) is 60.7 Å². The van der Waals surface area contributed by atoms with Crippen LogP contribution >= 0.6 is 0 Å². The minimum Gasteiger partial charge on any atom is -0.355 e. The van der Waals surface area contributed by atoms with Crippen LogP contribution in [0.3, 0.4) is 0 Å². The molecule has 0 aliphatic carbocycles. The van der Waals surface area contributed by atoms with Gasteiger partial charge in [0.15, 0.2) is 0 Å². The molecule has 6 heteroatoms. The van der Waals surface area contributed by atoms with Crippen molar-refractivity contribution in [2.24, 2.45) is 0 Å². The van der Waals surface area contributed by atoms with Crippen molar-refractivity contribution < 1.29 is 13.2 Å². The van der Waals surface area contributed by atoms with Crippen molar-refractivity contribution in [1.29, 1.82) is 0 Å². The number of anilines is 1. The zero-order chi connectivity index (χ0) is 20.0. The minimum absolute atomic E-state index is 0.238. The second-order valence-corrected chi connectivity index (χ2v) is 8.61. The Balaban J connectivity index is 1.67. The molecule has 0 spiro atoms. The zero-order valence-electron chi connectivity index (χ0n) is 15.8. The van der Waals surface area contributed by atoms with Crippen molar-refractivity contribution in [2.45, 2.75) is 12.8 Å². The summed E-state index contributed by atoms with van der Waals surface area (Å²) >= 11 is 0. The average Bonchev–Trinajstić information content (AvgIpc) is 2.69. The Kier molecular flexibility index (Phi) is 6.31. The van der Waals surface area contributed by atoms with Crippen LogP contribution < -0.4 is 9.62 Å². The number of fused-ring (bicyclic) bond motifs is 1. The van der Waals surface area contributed by atoms with E-state index >= 15 is 0 Å². The second kappa shape index (κ2) is 8.89. The highest BCUT2D eigenvalue weighted by Gasteiger charge is 2.22. The third-order valence-corrected chi connectivity index (χ3v) is 5.66. The number of hydrogen-bond acceptors (Lipinski definition) is 3. The Bertz CT molecular complexity index is 1040. The van der Waals surface area contributed by atoms with Gasteiger partial charge in [0.05, 0.1) is 11.9 Å². The molecule has 5 nitrogen and oxygen atoms in total. The third kappa shape index (κ3) is 5.10. The summed E-state index contributed by atoms with van der Waals surface area (Å²) in [5.41, 5.74) is 1.73. The molecule has 0 radical (unpaired) electrons. The lowest BCUT2D eigenvalue weighted by molar-refractivity contribution is -0.119. The van der Waals surface area contributed by atoms with E-state index in [4.69, 9.17) is 0 Å². The molecule has 0 fully saturated rings. The number of nitrogens with one attached hydrogen (secondary N) is 1. The van der Waals surface area contributed by atoms with Crippen molar-refractivity contribution in [3.63, 3.8) is 0 Å². The zero-order valence-corrected chi connectivity index (χ0v) is 16.7. The van der Waals surface area contributed by atoms with E-state index in [2.05, 4.69) is 5.32 Å². The van der Waals surface area contributed by atoms with Crippen LogP contribution in [-0.2, 0) is 21.2 Å². The van der Waals surface area contributed by atoms with Crippen molar-refractivity contribution >= 4 is 32.4 Å². The summed E-state index contributed by atoms with van der Waals surface area (Å²) in [6, 6.07) is 23.0. The maximum Gasteiger partial charge on any atom is 0.240 e. The van der Waals surface area contributed by atoms with Gasteiger partial charge in [-0.15, -0.1) is 0 Å². The van der Waals surface area contributed by atoms with Gasteiger partial charge >= 0.3 is 0 Å². The van der Waals surface area contributed by atoms with Gasteiger partial charge in [-0.25, -0.2) is 8.42 Å². The van der Waals surface area contributed by atoms with Crippen LogP contribution in [0.1, 0.15) is 12.0 Å². The molecule has 0 saturated heterocycles. The molecule has 0 bridgehead atoms. The van der Waals surface area contributed by atoms with E-state index < -0.39 is 10.0 Å². The molecular formula is C22H24N2O3S. The summed E-state index contributed by atoms with van der Waals surface area (Å²) in [7, 11) is -3.61. The molecule has 0 atom stereocenters. The molecule has 0 aliphatic heterocycles. The lowest BCUT2D eigenvalue weighted by Gasteiger charge is -2.23. The molecule has 0 unspecified atom stereocenters. The summed E-state index contributed by atoms with van der Waals surface area (Å²) in [5.74, 6) is -0.313. The van der Waals surface area contributed by atoms with E-state index in [-0.39, 0.29) is 12.5 Å². The Hall–Kier alpha value is -2.86. The standard InChI is InChI=1S/C22H24N2O3S/c1-28(26,27)24(21-15-7-13-19-12-5-6-14-20(19)21)17-22(25)23-16-8-11-18-9-3-2-4-10-18/h2-7,9-10,12-15H,8,11,16-17H2,1H3,(H,23,25). The van der Waals surface area contributed by atoms with Gasteiger partial charge in [-0.1, -0.05) is 66.7 Å². The van der Waals surface area contributed by atoms with Gasteiger partial charge in [0.2, 0.25) is 15.9 Å². The number of benzene rings is 3.